The fourth-order valence-electron chi connectivity index (χ4n) is 1.58. The lowest BCUT2D eigenvalue weighted by atomic mass is 10.2. The lowest BCUT2D eigenvalue weighted by Gasteiger charge is -2.09. The second-order valence-corrected chi connectivity index (χ2v) is 3.62. The van der Waals surface area contributed by atoms with E-state index in [1.807, 2.05) is 25.2 Å². The summed E-state index contributed by atoms with van der Waals surface area (Å²) in [6, 6.07) is 5.59. The molecule has 0 unspecified atom stereocenters. The summed E-state index contributed by atoms with van der Waals surface area (Å²) in [7, 11) is 5.04. The van der Waals surface area contributed by atoms with E-state index in [-0.39, 0.29) is 0 Å². The first-order valence-corrected chi connectivity index (χ1v) is 5.50. The predicted octanol–water partition coefficient (Wildman–Crippen LogP) is 2.20. The minimum absolute atomic E-state index is 0.648. The van der Waals surface area contributed by atoms with Gasteiger partial charge in [0.1, 0.15) is 0 Å². The number of hydrogen-bond donors (Lipinski definition) is 1. The topological polar surface area (TPSA) is 56.3 Å². The van der Waals surface area contributed by atoms with Crippen LogP contribution in [0, 0.1) is 0 Å². The maximum atomic E-state index is 5.25. The van der Waals surface area contributed by atoms with E-state index in [1.165, 1.54) is 0 Å². The molecule has 0 atom stereocenters. The smallest absolute Gasteiger partial charge is 0.161 e. The molecule has 5 heteroatoms. The molecule has 0 saturated heterocycles. The second-order valence-electron chi connectivity index (χ2n) is 3.62. The van der Waals surface area contributed by atoms with Gasteiger partial charge in [0.05, 0.1) is 32.3 Å². The minimum Gasteiger partial charge on any atom is -0.493 e. The molecule has 0 spiro atoms. The van der Waals surface area contributed by atoms with Crippen LogP contribution in [-0.2, 0) is 0 Å². The van der Waals surface area contributed by atoms with Gasteiger partial charge in [-0.1, -0.05) is 0 Å². The van der Waals surface area contributed by atoms with Crippen molar-refractivity contribution in [3.63, 3.8) is 0 Å². The van der Waals surface area contributed by atoms with E-state index in [1.54, 1.807) is 26.6 Å². The molecule has 0 saturated carbocycles. The van der Waals surface area contributed by atoms with Gasteiger partial charge in [-0.3, -0.25) is 0 Å². The molecular formula is C13H15N3O2. The Hall–Kier alpha value is -2.30. The molecule has 1 aromatic carbocycles. The maximum Gasteiger partial charge on any atom is 0.161 e. The third-order valence-corrected chi connectivity index (χ3v) is 2.58. The molecule has 0 aliphatic rings. The van der Waals surface area contributed by atoms with Gasteiger partial charge in [-0.2, -0.15) is 0 Å². The van der Waals surface area contributed by atoms with Gasteiger partial charge in [-0.05, 0) is 18.2 Å². The van der Waals surface area contributed by atoms with Crippen molar-refractivity contribution in [2.24, 2.45) is 0 Å². The lowest BCUT2D eigenvalue weighted by Crippen LogP contribution is -1.95. The summed E-state index contributed by atoms with van der Waals surface area (Å²) in [4.78, 5) is 8.56. The zero-order chi connectivity index (χ0) is 13.0. The summed E-state index contributed by atoms with van der Waals surface area (Å²) in [6.45, 7) is 0. The summed E-state index contributed by atoms with van der Waals surface area (Å²) >= 11 is 0. The quantitative estimate of drug-likeness (QED) is 0.895. The van der Waals surface area contributed by atoms with Crippen LogP contribution >= 0.6 is 0 Å². The largest absolute Gasteiger partial charge is 0.493 e. The SMILES string of the molecule is CNc1cnc(-c2ccc(OC)c(OC)c2)nc1. The van der Waals surface area contributed by atoms with E-state index in [2.05, 4.69) is 15.3 Å². The van der Waals surface area contributed by atoms with E-state index >= 15 is 0 Å². The molecule has 0 radical (unpaired) electrons. The molecule has 0 bridgehead atoms. The lowest BCUT2D eigenvalue weighted by molar-refractivity contribution is 0.355. The zero-order valence-electron chi connectivity index (χ0n) is 10.6. The molecule has 1 aromatic heterocycles. The van der Waals surface area contributed by atoms with Crippen molar-refractivity contribution in [2.75, 3.05) is 26.6 Å². The van der Waals surface area contributed by atoms with E-state index in [0.29, 0.717) is 17.3 Å². The van der Waals surface area contributed by atoms with Gasteiger partial charge in [-0.15, -0.1) is 0 Å². The molecule has 0 aliphatic heterocycles. The molecular weight excluding hydrogens is 230 g/mol. The number of hydrogen-bond acceptors (Lipinski definition) is 5. The summed E-state index contributed by atoms with van der Waals surface area (Å²) in [6.07, 6.45) is 3.47. The number of anilines is 1. The van der Waals surface area contributed by atoms with Crippen LogP contribution in [0.25, 0.3) is 11.4 Å². The number of nitrogens with zero attached hydrogens (tertiary/aromatic N) is 2. The monoisotopic (exact) mass is 245 g/mol. The van der Waals surface area contributed by atoms with Crippen molar-refractivity contribution in [3.05, 3.63) is 30.6 Å². The second kappa shape index (κ2) is 5.35. The van der Waals surface area contributed by atoms with Crippen LogP contribution in [0.5, 0.6) is 11.5 Å². The number of aromatic nitrogens is 2. The fraction of sp³-hybridized carbons (Fsp3) is 0.231. The van der Waals surface area contributed by atoms with Gasteiger partial charge in [0.2, 0.25) is 0 Å². The number of methoxy groups -OCH3 is 2. The van der Waals surface area contributed by atoms with Crippen molar-refractivity contribution in [3.8, 4) is 22.9 Å². The Morgan fingerprint density at radius 1 is 1.00 bits per heavy atom. The van der Waals surface area contributed by atoms with E-state index in [4.69, 9.17) is 9.47 Å². The Kier molecular flexibility index (Phi) is 3.62. The summed E-state index contributed by atoms with van der Waals surface area (Å²) in [5, 5.41) is 2.98. The third kappa shape index (κ3) is 2.34. The highest BCUT2D eigenvalue weighted by Crippen LogP contribution is 2.30. The van der Waals surface area contributed by atoms with Gasteiger partial charge < -0.3 is 14.8 Å². The van der Waals surface area contributed by atoms with Crippen LogP contribution in [0.1, 0.15) is 0 Å². The highest BCUT2D eigenvalue weighted by atomic mass is 16.5. The molecule has 1 N–H and O–H groups in total. The molecule has 0 amide bonds. The van der Waals surface area contributed by atoms with Crippen LogP contribution in [0.15, 0.2) is 30.6 Å². The normalized spacial score (nSPS) is 9.94. The van der Waals surface area contributed by atoms with Crippen LogP contribution < -0.4 is 14.8 Å². The predicted molar refractivity (Wildman–Crippen MR) is 70.1 cm³/mol. The molecule has 94 valence electrons. The molecule has 18 heavy (non-hydrogen) atoms. The summed E-state index contributed by atoms with van der Waals surface area (Å²) < 4.78 is 10.4. The molecule has 5 nitrogen and oxygen atoms in total. The summed E-state index contributed by atoms with van der Waals surface area (Å²) in [5.74, 6) is 2.00. The van der Waals surface area contributed by atoms with E-state index in [0.717, 1.165) is 11.3 Å². The average molecular weight is 245 g/mol. The standard InChI is InChI=1S/C13H15N3O2/c1-14-10-7-15-13(16-8-10)9-4-5-11(17-2)12(6-9)18-3/h4-8,14H,1-3H3. The molecule has 0 aliphatic carbocycles. The Morgan fingerprint density at radius 2 is 1.67 bits per heavy atom. The van der Waals surface area contributed by atoms with Gasteiger partial charge in [0.15, 0.2) is 17.3 Å². The first-order chi connectivity index (χ1) is 8.78. The van der Waals surface area contributed by atoms with Gasteiger partial charge in [-0.25, -0.2) is 9.97 Å². The third-order valence-electron chi connectivity index (χ3n) is 2.58. The highest BCUT2D eigenvalue weighted by molar-refractivity contribution is 5.61. The minimum atomic E-state index is 0.648. The first-order valence-electron chi connectivity index (χ1n) is 5.50. The number of rotatable bonds is 4. The van der Waals surface area contributed by atoms with Gasteiger partial charge in [0.25, 0.3) is 0 Å². The Balaban J connectivity index is 2.37. The van der Waals surface area contributed by atoms with E-state index < -0.39 is 0 Å². The Labute approximate surface area is 106 Å². The number of benzene rings is 1. The molecule has 1 heterocycles. The van der Waals surface area contributed by atoms with Crippen molar-refractivity contribution in [1.82, 2.24) is 9.97 Å². The Bertz CT molecular complexity index is 526. The first kappa shape index (κ1) is 12.2. The van der Waals surface area contributed by atoms with Crippen molar-refractivity contribution >= 4 is 5.69 Å². The van der Waals surface area contributed by atoms with Crippen LogP contribution in [0.3, 0.4) is 0 Å². The molecule has 2 rings (SSSR count). The van der Waals surface area contributed by atoms with Crippen LogP contribution in [0.2, 0.25) is 0 Å². The summed E-state index contributed by atoms with van der Waals surface area (Å²) in [5.41, 5.74) is 1.76. The number of ether oxygens (including phenoxy) is 2. The zero-order valence-corrected chi connectivity index (χ0v) is 10.6. The van der Waals surface area contributed by atoms with Gasteiger partial charge >= 0.3 is 0 Å². The van der Waals surface area contributed by atoms with Gasteiger partial charge in [0, 0.05) is 12.6 Å². The average Bonchev–Trinajstić information content (AvgIpc) is 2.46. The van der Waals surface area contributed by atoms with Crippen LogP contribution in [-0.4, -0.2) is 31.2 Å². The highest BCUT2D eigenvalue weighted by Gasteiger charge is 2.07. The fourth-order valence-corrected chi connectivity index (χ4v) is 1.58. The van der Waals surface area contributed by atoms with Crippen molar-refractivity contribution in [1.29, 1.82) is 0 Å². The van der Waals surface area contributed by atoms with Crippen molar-refractivity contribution in [2.45, 2.75) is 0 Å². The molecule has 2 aromatic rings. The van der Waals surface area contributed by atoms with E-state index in [9.17, 15) is 0 Å². The maximum absolute atomic E-state index is 5.25. The van der Waals surface area contributed by atoms with Crippen molar-refractivity contribution < 1.29 is 9.47 Å². The molecule has 0 fully saturated rings. The van der Waals surface area contributed by atoms with Crippen LogP contribution in [0.4, 0.5) is 5.69 Å². The Morgan fingerprint density at radius 3 is 2.22 bits per heavy atom. The number of nitrogens with one attached hydrogen (secondary N) is 1.